The van der Waals surface area contributed by atoms with Crippen molar-refractivity contribution in [2.24, 2.45) is 5.73 Å². The molecule has 0 spiro atoms. The summed E-state index contributed by atoms with van der Waals surface area (Å²) in [6.07, 6.45) is 0. The van der Waals surface area contributed by atoms with E-state index in [1.165, 1.54) is 12.1 Å². The lowest BCUT2D eigenvalue weighted by Crippen LogP contribution is -1.96. The van der Waals surface area contributed by atoms with Gasteiger partial charge in [-0.15, -0.1) is 17.0 Å². The van der Waals surface area contributed by atoms with Crippen molar-refractivity contribution in [1.82, 2.24) is 0 Å². The first-order valence-electron chi connectivity index (χ1n) is 3.17. The summed E-state index contributed by atoms with van der Waals surface area (Å²) in [6.45, 7) is 0.415. The monoisotopic (exact) mass is 232 g/mol. The quantitative estimate of drug-likeness (QED) is 0.623. The van der Waals surface area contributed by atoms with Crippen molar-refractivity contribution in [3.05, 3.63) is 39.9 Å². The first-order chi connectivity index (χ1) is 5.24. The van der Waals surface area contributed by atoms with Gasteiger partial charge in [0.2, 0.25) is 0 Å². The zero-order valence-electron chi connectivity index (χ0n) is 6.27. The predicted molar refractivity (Wildman–Crippen MR) is 51.3 cm³/mol. The highest BCUT2D eigenvalue weighted by molar-refractivity contribution is 8.93. The van der Waals surface area contributed by atoms with Crippen LogP contribution in [0.3, 0.4) is 0 Å². The molecule has 4 nitrogen and oxygen atoms in total. The Balaban J connectivity index is 0.00000121. The Hall–Kier alpha value is -0.940. The molecule has 0 unspecified atom stereocenters. The molecule has 1 aromatic carbocycles. The van der Waals surface area contributed by atoms with Gasteiger partial charge >= 0.3 is 0 Å². The van der Waals surface area contributed by atoms with Crippen molar-refractivity contribution in [3.8, 4) is 0 Å². The van der Waals surface area contributed by atoms with Gasteiger partial charge in [0.25, 0.3) is 5.69 Å². The van der Waals surface area contributed by atoms with E-state index in [2.05, 4.69) is 0 Å². The third-order valence-corrected chi connectivity index (χ3v) is 1.38. The number of nitrogens with two attached hydrogens (primary N) is 1. The van der Waals surface area contributed by atoms with Crippen LogP contribution in [0.25, 0.3) is 0 Å². The zero-order valence-corrected chi connectivity index (χ0v) is 7.98. The Morgan fingerprint density at radius 2 is 1.83 bits per heavy atom. The van der Waals surface area contributed by atoms with E-state index in [0.717, 1.165) is 5.56 Å². The number of non-ortho nitro benzene ring substituents is 1. The predicted octanol–water partition coefficient (Wildman–Crippen LogP) is 1.63. The summed E-state index contributed by atoms with van der Waals surface area (Å²) in [5.74, 6) is 0. The van der Waals surface area contributed by atoms with Crippen LogP contribution in [0.15, 0.2) is 24.3 Å². The second-order valence-electron chi connectivity index (χ2n) is 2.13. The smallest absolute Gasteiger partial charge is 0.269 e. The highest BCUT2D eigenvalue weighted by Gasteiger charge is 2.01. The van der Waals surface area contributed by atoms with E-state index in [-0.39, 0.29) is 22.7 Å². The third kappa shape index (κ3) is 2.60. The minimum atomic E-state index is -0.430. The van der Waals surface area contributed by atoms with Crippen molar-refractivity contribution < 1.29 is 4.92 Å². The molecule has 5 heteroatoms. The van der Waals surface area contributed by atoms with E-state index < -0.39 is 4.92 Å². The maximum Gasteiger partial charge on any atom is 0.269 e. The van der Waals surface area contributed by atoms with Gasteiger partial charge in [-0.25, -0.2) is 0 Å². The van der Waals surface area contributed by atoms with E-state index in [4.69, 9.17) is 5.73 Å². The van der Waals surface area contributed by atoms with Gasteiger partial charge in [-0.05, 0) is 5.56 Å². The van der Waals surface area contributed by atoms with Crippen molar-refractivity contribution in [2.75, 3.05) is 0 Å². The fourth-order valence-corrected chi connectivity index (χ4v) is 0.754. The number of benzene rings is 1. The average molecular weight is 233 g/mol. The summed E-state index contributed by atoms with van der Waals surface area (Å²) in [5, 5.41) is 10.2. The van der Waals surface area contributed by atoms with Crippen LogP contribution < -0.4 is 5.73 Å². The number of nitro groups is 1. The van der Waals surface area contributed by atoms with Crippen LogP contribution in [-0.4, -0.2) is 4.92 Å². The maximum absolute atomic E-state index is 10.2. The number of hydrogen-bond donors (Lipinski definition) is 1. The minimum absolute atomic E-state index is 0. The molecule has 0 atom stereocenters. The summed E-state index contributed by atoms with van der Waals surface area (Å²) in [6, 6.07) is 6.20. The SMILES string of the molecule is Br.NCc1ccc([N+](=O)[O-])cc1. The molecule has 0 bridgehead atoms. The van der Waals surface area contributed by atoms with E-state index in [1.54, 1.807) is 12.1 Å². The minimum Gasteiger partial charge on any atom is -0.326 e. The molecular formula is C7H9BrN2O2. The summed E-state index contributed by atoms with van der Waals surface area (Å²) in [5.41, 5.74) is 6.30. The van der Waals surface area contributed by atoms with Gasteiger partial charge in [-0.1, -0.05) is 12.1 Å². The van der Waals surface area contributed by atoms with Gasteiger partial charge < -0.3 is 5.73 Å². The van der Waals surface area contributed by atoms with Crippen LogP contribution in [0.5, 0.6) is 0 Å². The van der Waals surface area contributed by atoms with E-state index in [9.17, 15) is 10.1 Å². The molecule has 1 rings (SSSR count). The molecule has 1 aromatic rings. The Labute approximate surface area is 80.3 Å². The molecule has 0 saturated heterocycles. The molecule has 0 heterocycles. The fraction of sp³-hybridized carbons (Fsp3) is 0.143. The van der Waals surface area contributed by atoms with Crippen molar-refractivity contribution >= 4 is 22.7 Å². The lowest BCUT2D eigenvalue weighted by atomic mass is 10.2. The molecule has 0 aliphatic rings. The third-order valence-electron chi connectivity index (χ3n) is 1.38. The van der Waals surface area contributed by atoms with Gasteiger partial charge in [0.15, 0.2) is 0 Å². The molecule has 66 valence electrons. The molecule has 0 saturated carbocycles. The van der Waals surface area contributed by atoms with Crippen LogP contribution in [0, 0.1) is 10.1 Å². The first-order valence-corrected chi connectivity index (χ1v) is 3.17. The number of rotatable bonds is 2. The molecule has 0 aromatic heterocycles. The molecule has 0 fully saturated rings. The van der Waals surface area contributed by atoms with Crippen LogP contribution in [-0.2, 0) is 6.54 Å². The van der Waals surface area contributed by atoms with Crippen molar-refractivity contribution in [3.63, 3.8) is 0 Å². The lowest BCUT2D eigenvalue weighted by Gasteiger charge is -1.93. The highest BCUT2D eigenvalue weighted by atomic mass is 79.9. The summed E-state index contributed by atoms with van der Waals surface area (Å²) >= 11 is 0. The molecule has 0 aliphatic heterocycles. The van der Waals surface area contributed by atoms with Gasteiger partial charge in [0.05, 0.1) is 4.92 Å². The molecule has 12 heavy (non-hydrogen) atoms. The summed E-state index contributed by atoms with van der Waals surface area (Å²) < 4.78 is 0. The van der Waals surface area contributed by atoms with E-state index in [1.807, 2.05) is 0 Å². The Morgan fingerprint density at radius 3 is 2.17 bits per heavy atom. The summed E-state index contributed by atoms with van der Waals surface area (Å²) in [7, 11) is 0. The lowest BCUT2D eigenvalue weighted by molar-refractivity contribution is -0.384. The van der Waals surface area contributed by atoms with Crippen LogP contribution >= 0.6 is 17.0 Å². The van der Waals surface area contributed by atoms with Gasteiger partial charge in [0, 0.05) is 18.7 Å². The van der Waals surface area contributed by atoms with Crippen LogP contribution in [0.1, 0.15) is 5.56 Å². The highest BCUT2D eigenvalue weighted by Crippen LogP contribution is 2.10. The first kappa shape index (κ1) is 11.1. The molecule has 0 aliphatic carbocycles. The van der Waals surface area contributed by atoms with Gasteiger partial charge in [0.1, 0.15) is 0 Å². The second kappa shape index (κ2) is 4.84. The van der Waals surface area contributed by atoms with Crippen molar-refractivity contribution in [1.29, 1.82) is 0 Å². The van der Waals surface area contributed by atoms with Gasteiger partial charge in [-0.2, -0.15) is 0 Å². The Kier molecular flexibility index (Phi) is 4.46. The molecule has 0 amide bonds. The fourth-order valence-electron chi connectivity index (χ4n) is 0.754. The number of halogens is 1. The van der Waals surface area contributed by atoms with Crippen LogP contribution in [0.4, 0.5) is 5.69 Å². The number of nitrogens with zero attached hydrogens (tertiary/aromatic N) is 1. The maximum atomic E-state index is 10.2. The molecule has 2 N–H and O–H groups in total. The number of nitro benzene ring substituents is 1. The Morgan fingerprint density at radius 1 is 1.33 bits per heavy atom. The average Bonchev–Trinajstić information content (AvgIpc) is 2.05. The topological polar surface area (TPSA) is 69.2 Å². The molecule has 0 radical (unpaired) electrons. The normalized spacial score (nSPS) is 8.75. The largest absolute Gasteiger partial charge is 0.326 e. The molecular weight excluding hydrogens is 224 g/mol. The zero-order chi connectivity index (χ0) is 8.27. The number of hydrogen-bond acceptors (Lipinski definition) is 3. The Bertz CT molecular complexity index is 261. The van der Waals surface area contributed by atoms with Gasteiger partial charge in [-0.3, -0.25) is 10.1 Å². The van der Waals surface area contributed by atoms with E-state index >= 15 is 0 Å². The second-order valence-corrected chi connectivity index (χ2v) is 2.13. The van der Waals surface area contributed by atoms with Crippen LogP contribution in [0.2, 0.25) is 0 Å². The van der Waals surface area contributed by atoms with Crippen molar-refractivity contribution in [2.45, 2.75) is 6.54 Å². The standard InChI is InChI=1S/C7H8N2O2.BrH/c8-5-6-1-3-7(4-2-6)9(10)11;/h1-4H,5,8H2;1H. The summed E-state index contributed by atoms with van der Waals surface area (Å²) in [4.78, 5) is 9.74. The van der Waals surface area contributed by atoms with E-state index in [0.29, 0.717) is 6.54 Å².